The first-order valence-electron chi connectivity index (χ1n) is 9.41. The summed E-state index contributed by atoms with van der Waals surface area (Å²) in [4.78, 5) is 24.9. The summed E-state index contributed by atoms with van der Waals surface area (Å²) in [6.45, 7) is 5.21. The molecule has 0 aliphatic carbocycles. The minimum atomic E-state index is -1.09. The SMILES string of the molecule is CC(C)(C)OC(=O)C[C@@H]1O[C@H](c2cccc(Cl)c2)[C@@H](c2ccc(Cl)cc2F)NC1=O. The quantitative estimate of drug-likeness (QED) is 0.649. The predicted octanol–water partition coefficient (Wildman–Crippen LogP) is 5.16. The second-order valence-corrected chi connectivity index (χ2v) is 8.92. The number of rotatable bonds is 4. The molecule has 1 N–H and O–H groups in total. The molecule has 5 nitrogen and oxygen atoms in total. The van der Waals surface area contributed by atoms with Gasteiger partial charge in [-0.2, -0.15) is 0 Å². The summed E-state index contributed by atoms with van der Waals surface area (Å²) in [5, 5.41) is 3.48. The lowest BCUT2D eigenvalue weighted by molar-refractivity contribution is -0.168. The van der Waals surface area contributed by atoms with Gasteiger partial charge in [-0.3, -0.25) is 9.59 Å². The van der Waals surface area contributed by atoms with Crippen molar-refractivity contribution in [3.63, 3.8) is 0 Å². The first-order chi connectivity index (χ1) is 14.0. The van der Waals surface area contributed by atoms with Crippen molar-refractivity contribution in [1.82, 2.24) is 5.32 Å². The van der Waals surface area contributed by atoms with Crippen LogP contribution in [0.5, 0.6) is 0 Å². The van der Waals surface area contributed by atoms with Gasteiger partial charge < -0.3 is 14.8 Å². The number of hydrogen-bond acceptors (Lipinski definition) is 4. The fourth-order valence-corrected chi connectivity index (χ4v) is 3.62. The number of carbonyl (C=O) groups is 2. The molecule has 1 saturated heterocycles. The Hall–Kier alpha value is -2.15. The van der Waals surface area contributed by atoms with E-state index in [0.29, 0.717) is 10.6 Å². The van der Waals surface area contributed by atoms with Gasteiger partial charge in [-0.05, 0) is 50.6 Å². The number of esters is 1. The van der Waals surface area contributed by atoms with Gasteiger partial charge in [-0.15, -0.1) is 0 Å². The summed E-state index contributed by atoms with van der Waals surface area (Å²) < 4.78 is 25.9. The molecule has 8 heteroatoms. The number of benzene rings is 2. The Morgan fingerprint density at radius 1 is 1.17 bits per heavy atom. The van der Waals surface area contributed by atoms with E-state index in [9.17, 15) is 14.0 Å². The van der Waals surface area contributed by atoms with Crippen LogP contribution < -0.4 is 5.32 Å². The number of ether oxygens (including phenoxy) is 2. The highest BCUT2D eigenvalue weighted by molar-refractivity contribution is 6.30. The van der Waals surface area contributed by atoms with Gasteiger partial charge in [-0.25, -0.2) is 4.39 Å². The van der Waals surface area contributed by atoms with Gasteiger partial charge in [0.15, 0.2) is 0 Å². The number of amides is 1. The van der Waals surface area contributed by atoms with Crippen molar-refractivity contribution in [2.75, 3.05) is 0 Å². The molecule has 3 rings (SSSR count). The maximum Gasteiger partial charge on any atom is 0.309 e. The van der Waals surface area contributed by atoms with Crippen LogP contribution in [0.4, 0.5) is 4.39 Å². The molecular weight excluding hydrogens is 432 g/mol. The topological polar surface area (TPSA) is 64.6 Å². The van der Waals surface area contributed by atoms with Crippen LogP contribution in [0.15, 0.2) is 42.5 Å². The lowest BCUT2D eigenvalue weighted by Gasteiger charge is -2.37. The summed E-state index contributed by atoms with van der Waals surface area (Å²) >= 11 is 12.0. The minimum Gasteiger partial charge on any atom is -0.460 e. The van der Waals surface area contributed by atoms with E-state index < -0.39 is 41.5 Å². The summed E-state index contributed by atoms with van der Waals surface area (Å²) in [6.07, 6.45) is -2.13. The van der Waals surface area contributed by atoms with Crippen LogP contribution in [0.3, 0.4) is 0 Å². The van der Waals surface area contributed by atoms with Crippen LogP contribution in [-0.2, 0) is 19.1 Å². The second-order valence-electron chi connectivity index (χ2n) is 8.04. The average Bonchev–Trinajstić information content (AvgIpc) is 2.62. The molecule has 1 aliphatic heterocycles. The summed E-state index contributed by atoms with van der Waals surface area (Å²) in [5.74, 6) is -1.67. The zero-order valence-corrected chi connectivity index (χ0v) is 18.3. The number of nitrogens with one attached hydrogen (secondary N) is 1. The van der Waals surface area contributed by atoms with Crippen molar-refractivity contribution < 1.29 is 23.5 Å². The third kappa shape index (κ3) is 5.50. The van der Waals surface area contributed by atoms with Crippen molar-refractivity contribution in [3.8, 4) is 0 Å². The summed E-state index contributed by atoms with van der Waals surface area (Å²) in [5.41, 5.74) is 0.160. The molecule has 1 fully saturated rings. The zero-order chi connectivity index (χ0) is 22.1. The normalized spacial score (nSPS) is 21.8. The first-order valence-corrected chi connectivity index (χ1v) is 10.2. The first kappa shape index (κ1) is 22.5. The van der Waals surface area contributed by atoms with Crippen molar-refractivity contribution in [1.29, 1.82) is 0 Å². The minimum absolute atomic E-state index is 0.216. The molecule has 0 radical (unpaired) electrons. The van der Waals surface area contributed by atoms with Crippen LogP contribution in [0.25, 0.3) is 0 Å². The van der Waals surface area contributed by atoms with Crippen molar-refractivity contribution in [3.05, 3.63) is 69.5 Å². The molecule has 160 valence electrons. The molecule has 0 aromatic heterocycles. The van der Waals surface area contributed by atoms with Crippen molar-refractivity contribution >= 4 is 35.1 Å². The highest BCUT2D eigenvalue weighted by Crippen LogP contribution is 2.39. The summed E-state index contributed by atoms with van der Waals surface area (Å²) in [6, 6.07) is 10.2. The maximum absolute atomic E-state index is 14.6. The van der Waals surface area contributed by atoms with E-state index in [0.717, 1.165) is 0 Å². The average molecular weight is 454 g/mol. The van der Waals surface area contributed by atoms with Crippen LogP contribution >= 0.6 is 23.2 Å². The Morgan fingerprint density at radius 3 is 2.50 bits per heavy atom. The van der Waals surface area contributed by atoms with Gasteiger partial charge in [-0.1, -0.05) is 41.4 Å². The Kier molecular flexibility index (Phi) is 6.70. The molecular formula is C22H22Cl2FNO4. The van der Waals surface area contributed by atoms with E-state index >= 15 is 0 Å². The highest BCUT2D eigenvalue weighted by Gasteiger charge is 2.40. The molecule has 30 heavy (non-hydrogen) atoms. The number of carbonyl (C=O) groups excluding carboxylic acids is 2. The number of morpholine rings is 1. The summed E-state index contributed by atoms with van der Waals surface area (Å²) in [7, 11) is 0. The molecule has 2 aromatic rings. The lowest BCUT2D eigenvalue weighted by atomic mass is 9.92. The van der Waals surface area contributed by atoms with Crippen LogP contribution in [-0.4, -0.2) is 23.6 Å². The smallest absolute Gasteiger partial charge is 0.309 e. The largest absolute Gasteiger partial charge is 0.460 e. The maximum atomic E-state index is 14.6. The Labute approximate surface area is 184 Å². The highest BCUT2D eigenvalue weighted by atomic mass is 35.5. The Morgan fingerprint density at radius 2 is 1.87 bits per heavy atom. The predicted molar refractivity (Wildman–Crippen MR) is 112 cm³/mol. The molecule has 0 spiro atoms. The van der Waals surface area contributed by atoms with Crippen LogP contribution in [0.2, 0.25) is 10.0 Å². The Balaban J connectivity index is 1.92. The van der Waals surface area contributed by atoms with Gasteiger partial charge in [0.25, 0.3) is 0 Å². The van der Waals surface area contributed by atoms with E-state index in [2.05, 4.69) is 5.32 Å². The van der Waals surface area contributed by atoms with E-state index in [1.807, 2.05) is 0 Å². The lowest BCUT2D eigenvalue weighted by Crippen LogP contribution is -2.49. The molecule has 0 unspecified atom stereocenters. The fraction of sp³-hybridized carbons (Fsp3) is 0.364. The monoisotopic (exact) mass is 453 g/mol. The third-order valence-electron chi connectivity index (χ3n) is 4.45. The molecule has 1 amide bonds. The van der Waals surface area contributed by atoms with Crippen molar-refractivity contribution in [2.24, 2.45) is 0 Å². The van der Waals surface area contributed by atoms with Gasteiger partial charge in [0.2, 0.25) is 5.91 Å². The molecule has 2 aromatic carbocycles. The van der Waals surface area contributed by atoms with E-state index in [1.165, 1.54) is 18.2 Å². The van der Waals surface area contributed by atoms with Crippen molar-refractivity contribution in [2.45, 2.75) is 51.0 Å². The molecule has 1 heterocycles. The van der Waals surface area contributed by atoms with Gasteiger partial charge in [0.05, 0.1) is 12.5 Å². The van der Waals surface area contributed by atoms with Gasteiger partial charge in [0, 0.05) is 15.6 Å². The zero-order valence-electron chi connectivity index (χ0n) is 16.7. The molecule has 1 aliphatic rings. The van der Waals surface area contributed by atoms with E-state index in [-0.39, 0.29) is 17.0 Å². The molecule has 0 bridgehead atoms. The standard InChI is InChI=1S/C22H22Cl2FNO4/c1-22(2,3)30-18(27)11-17-21(28)26-19(15-8-7-14(24)10-16(15)25)20(29-17)12-5-4-6-13(23)9-12/h4-10,17,19-20H,11H2,1-3H3,(H,26,28)/t17-,19+,20+/m0/s1. The third-order valence-corrected chi connectivity index (χ3v) is 4.92. The van der Waals surface area contributed by atoms with E-state index in [4.69, 9.17) is 32.7 Å². The fourth-order valence-electron chi connectivity index (χ4n) is 3.26. The Bertz CT molecular complexity index is 960. The molecule has 3 atom stereocenters. The van der Waals surface area contributed by atoms with Crippen LogP contribution in [0, 0.1) is 5.82 Å². The van der Waals surface area contributed by atoms with Gasteiger partial charge >= 0.3 is 5.97 Å². The number of halogens is 3. The number of hydrogen-bond donors (Lipinski definition) is 1. The molecule has 0 saturated carbocycles. The van der Waals surface area contributed by atoms with E-state index in [1.54, 1.807) is 45.0 Å². The van der Waals surface area contributed by atoms with Gasteiger partial charge in [0.1, 0.15) is 23.6 Å². The second kappa shape index (κ2) is 8.92. The van der Waals surface area contributed by atoms with Crippen LogP contribution in [0.1, 0.15) is 50.5 Å².